The summed E-state index contributed by atoms with van der Waals surface area (Å²) in [6.07, 6.45) is 10.5. The van der Waals surface area contributed by atoms with E-state index in [0.29, 0.717) is 18.7 Å². The van der Waals surface area contributed by atoms with Crippen molar-refractivity contribution in [3.05, 3.63) is 23.8 Å². The van der Waals surface area contributed by atoms with Crippen molar-refractivity contribution in [2.24, 2.45) is 0 Å². The molecule has 3 rings (SSSR count). The molecule has 156 valence electrons. The van der Waals surface area contributed by atoms with E-state index in [4.69, 9.17) is 4.74 Å². The monoisotopic (exact) mass is 408 g/mol. The SMILES string of the molecule is COc1ccc(C(=O)NC2CCCCCC2)cc1S(=O)(=O)N1CCCCCC1. The number of hydrogen-bond donors (Lipinski definition) is 1. The first-order valence-electron chi connectivity index (χ1n) is 10.5. The molecule has 0 radical (unpaired) electrons. The van der Waals surface area contributed by atoms with Crippen LogP contribution in [0.1, 0.15) is 74.6 Å². The standard InChI is InChI=1S/C21H32N2O4S/c1-27-19-13-12-17(21(24)22-18-10-6-2-3-7-11-18)16-20(19)28(25,26)23-14-8-4-5-9-15-23/h12-13,16,18H,2-11,14-15H2,1H3,(H,22,24). The van der Waals surface area contributed by atoms with Crippen LogP contribution >= 0.6 is 0 Å². The van der Waals surface area contributed by atoms with Gasteiger partial charge in [-0.1, -0.05) is 38.5 Å². The Bertz CT molecular complexity index is 763. The van der Waals surface area contributed by atoms with Gasteiger partial charge in [0.05, 0.1) is 7.11 Å². The van der Waals surface area contributed by atoms with Gasteiger partial charge in [0.2, 0.25) is 10.0 Å². The smallest absolute Gasteiger partial charge is 0.251 e. The summed E-state index contributed by atoms with van der Waals surface area (Å²) in [6, 6.07) is 4.88. The summed E-state index contributed by atoms with van der Waals surface area (Å²) in [5.74, 6) is 0.0807. The van der Waals surface area contributed by atoms with Crippen LogP contribution in [0.25, 0.3) is 0 Å². The van der Waals surface area contributed by atoms with Gasteiger partial charge < -0.3 is 10.1 Å². The number of ether oxygens (including phenoxy) is 1. The Morgan fingerprint density at radius 3 is 2.21 bits per heavy atom. The maximum absolute atomic E-state index is 13.2. The topological polar surface area (TPSA) is 75.7 Å². The van der Waals surface area contributed by atoms with Crippen LogP contribution in [0.3, 0.4) is 0 Å². The molecule has 1 N–H and O–H groups in total. The lowest BCUT2D eigenvalue weighted by atomic mass is 10.1. The molecule has 2 fully saturated rings. The average Bonchev–Trinajstić information content (AvgIpc) is 3.13. The van der Waals surface area contributed by atoms with Gasteiger partial charge in [0.25, 0.3) is 5.91 Å². The zero-order valence-electron chi connectivity index (χ0n) is 16.8. The number of amides is 1. The van der Waals surface area contributed by atoms with Gasteiger partial charge in [0.1, 0.15) is 10.6 Å². The van der Waals surface area contributed by atoms with Crippen LogP contribution in [0.4, 0.5) is 0 Å². The molecule has 2 aliphatic rings. The number of carbonyl (C=O) groups excluding carboxylic acids is 1. The minimum Gasteiger partial charge on any atom is -0.495 e. The first-order chi connectivity index (χ1) is 13.5. The van der Waals surface area contributed by atoms with Crippen molar-refractivity contribution >= 4 is 15.9 Å². The number of rotatable bonds is 5. The number of hydrogen-bond acceptors (Lipinski definition) is 4. The summed E-state index contributed by atoms with van der Waals surface area (Å²) >= 11 is 0. The molecular weight excluding hydrogens is 376 g/mol. The Labute approximate surface area is 168 Å². The van der Waals surface area contributed by atoms with Crippen LogP contribution < -0.4 is 10.1 Å². The molecule has 28 heavy (non-hydrogen) atoms. The van der Waals surface area contributed by atoms with Gasteiger partial charge in [-0.15, -0.1) is 0 Å². The Hall–Kier alpha value is -1.60. The Kier molecular flexibility index (Phi) is 7.35. The van der Waals surface area contributed by atoms with Crippen molar-refractivity contribution in [1.82, 2.24) is 9.62 Å². The summed E-state index contributed by atoms with van der Waals surface area (Å²) in [6.45, 7) is 1.04. The van der Waals surface area contributed by atoms with Gasteiger partial charge in [0, 0.05) is 24.7 Å². The maximum atomic E-state index is 13.2. The number of carbonyl (C=O) groups is 1. The van der Waals surface area contributed by atoms with Gasteiger partial charge in [0.15, 0.2) is 0 Å². The molecule has 0 aromatic heterocycles. The van der Waals surface area contributed by atoms with Gasteiger partial charge in [-0.05, 0) is 43.9 Å². The van der Waals surface area contributed by atoms with E-state index in [-0.39, 0.29) is 22.6 Å². The van der Waals surface area contributed by atoms with E-state index in [2.05, 4.69) is 5.32 Å². The molecule has 1 saturated heterocycles. The van der Waals surface area contributed by atoms with E-state index in [9.17, 15) is 13.2 Å². The summed E-state index contributed by atoms with van der Waals surface area (Å²) in [7, 11) is -2.23. The molecule has 1 aromatic carbocycles. The third-order valence-corrected chi connectivity index (χ3v) is 7.72. The highest BCUT2D eigenvalue weighted by atomic mass is 32.2. The van der Waals surface area contributed by atoms with Crippen molar-refractivity contribution in [2.75, 3.05) is 20.2 Å². The van der Waals surface area contributed by atoms with Crippen molar-refractivity contribution < 1.29 is 17.9 Å². The minimum atomic E-state index is -3.69. The summed E-state index contributed by atoms with van der Waals surface area (Å²) in [5, 5.41) is 3.09. The molecular formula is C21H32N2O4S. The lowest BCUT2D eigenvalue weighted by Gasteiger charge is -2.22. The van der Waals surface area contributed by atoms with Crippen molar-refractivity contribution in [2.45, 2.75) is 75.1 Å². The highest BCUT2D eigenvalue weighted by molar-refractivity contribution is 7.89. The third-order valence-electron chi connectivity index (χ3n) is 5.80. The molecule has 6 nitrogen and oxygen atoms in total. The molecule has 0 bridgehead atoms. The van der Waals surface area contributed by atoms with E-state index >= 15 is 0 Å². The fraction of sp³-hybridized carbons (Fsp3) is 0.667. The van der Waals surface area contributed by atoms with E-state index in [0.717, 1.165) is 51.4 Å². The number of benzene rings is 1. The molecule has 1 aromatic rings. The Morgan fingerprint density at radius 1 is 1.00 bits per heavy atom. The average molecular weight is 409 g/mol. The van der Waals surface area contributed by atoms with Crippen LogP contribution in [0.2, 0.25) is 0 Å². The maximum Gasteiger partial charge on any atom is 0.251 e. The van der Waals surface area contributed by atoms with E-state index in [1.54, 1.807) is 12.1 Å². The quantitative estimate of drug-likeness (QED) is 0.754. The fourth-order valence-electron chi connectivity index (χ4n) is 4.13. The summed E-state index contributed by atoms with van der Waals surface area (Å²) < 4.78 is 33.3. The number of sulfonamides is 1. The number of methoxy groups -OCH3 is 1. The summed E-state index contributed by atoms with van der Waals surface area (Å²) in [5.41, 5.74) is 0.374. The molecule has 1 aliphatic heterocycles. The zero-order chi connectivity index (χ0) is 20.0. The molecule has 1 amide bonds. The number of nitrogens with one attached hydrogen (secondary N) is 1. The second-order valence-corrected chi connectivity index (χ2v) is 9.75. The largest absolute Gasteiger partial charge is 0.495 e. The lowest BCUT2D eigenvalue weighted by Crippen LogP contribution is -2.35. The van der Waals surface area contributed by atoms with Crippen LogP contribution in [0.15, 0.2) is 23.1 Å². The van der Waals surface area contributed by atoms with Crippen LogP contribution in [0.5, 0.6) is 5.75 Å². The van der Waals surface area contributed by atoms with Gasteiger partial charge >= 0.3 is 0 Å². The molecule has 1 heterocycles. The van der Waals surface area contributed by atoms with E-state index < -0.39 is 10.0 Å². The lowest BCUT2D eigenvalue weighted by molar-refractivity contribution is 0.0933. The normalized spacial score (nSPS) is 20.2. The van der Waals surface area contributed by atoms with Crippen molar-refractivity contribution in [3.63, 3.8) is 0 Å². The van der Waals surface area contributed by atoms with Crippen LogP contribution in [-0.4, -0.2) is 44.9 Å². The Balaban J connectivity index is 1.83. The number of nitrogens with zero attached hydrogens (tertiary/aromatic N) is 1. The second kappa shape index (κ2) is 9.74. The summed E-state index contributed by atoms with van der Waals surface area (Å²) in [4.78, 5) is 12.9. The van der Waals surface area contributed by atoms with Crippen LogP contribution in [0, 0.1) is 0 Å². The highest BCUT2D eigenvalue weighted by Crippen LogP contribution is 2.29. The van der Waals surface area contributed by atoms with E-state index in [1.165, 1.54) is 30.3 Å². The van der Waals surface area contributed by atoms with Crippen molar-refractivity contribution in [3.8, 4) is 5.75 Å². The van der Waals surface area contributed by atoms with Gasteiger partial charge in [-0.3, -0.25) is 4.79 Å². The third kappa shape index (κ3) is 5.06. The molecule has 1 saturated carbocycles. The molecule has 0 spiro atoms. The Morgan fingerprint density at radius 2 is 1.61 bits per heavy atom. The molecule has 0 atom stereocenters. The predicted molar refractivity (Wildman–Crippen MR) is 109 cm³/mol. The van der Waals surface area contributed by atoms with Gasteiger partial charge in [-0.2, -0.15) is 4.31 Å². The molecule has 0 unspecified atom stereocenters. The highest BCUT2D eigenvalue weighted by Gasteiger charge is 2.29. The fourth-order valence-corrected chi connectivity index (χ4v) is 5.83. The van der Waals surface area contributed by atoms with E-state index in [1.807, 2.05) is 0 Å². The first kappa shape index (κ1) is 21.1. The molecule has 7 heteroatoms. The van der Waals surface area contributed by atoms with Gasteiger partial charge in [-0.25, -0.2) is 8.42 Å². The first-order valence-corrected chi connectivity index (χ1v) is 12.0. The molecule has 1 aliphatic carbocycles. The van der Waals surface area contributed by atoms with Crippen LogP contribution in [-0.2, 0) is 10.0 Å². The second-order valence-electron chi connectivity index (χ2n) is 7.85. The predicted octanol–water partition coefficient (Wildman–Crippen LogP) is 3.71. The van der Waals surface area contributed by atoms with Crippen molar-refractivity contribution in [1.29, 1.82) is 0 Å². The minimum absolute atomic E-state index is 0.0883. The zero-order valence-corrected chi connectivity index (χ0v) is 17.6.